The Labute approximate surface area is 366 Å². The number of carbonyl (C=O) groups excluding carboxylic acids is 1. The van der Waals surface area contributed by atoms with Gasteiger partial charge in [-0.1, -0.05) is 124 Å². The summed E-state index contributed by atoms with van der Waals surface area (Å²) >= 11 is 0. The molecule has 60 heavy (non-hydrogen) atoms. The Bertz CT molecular complexity index is 1550. The van der Waals surface area contributed by atoms with Crippen LogP contribution in [0.4, 0.5) is 11.4 Å². The van der Waals surface area contributed by atoms with E-state index in [4.69, 9.17) is 25.7 Å². The van der Waals surface area contributed by atoms with Crippen molar-refractivity contribution in [2.24, 2.45) is 46.3 Å². The van der Waals surface area contributed by atoms with E-state index in [2.05, 4.69) is 27.7 Å². The Morgan fingerprint density at radius 2 is 1.15 bits per heavy atom. The highest BCUT2D eigenvalue weighted by molar-refractivity contribution is 5.69. The van der Waals surface area contributed by atoms with Gasteiger partial charge in [-0.15, -0.1) is 0 Å². The minimum absolute atomic E-state index is 0.0103. The number of nitrogens with two attached hydrogens (primary N) is 2. The molecule has 0 heterocycles. The molecule has 4 saturated carbocycles. The van der Waals surface area contributed by atoms with Crippen molar-refractivity contribution >= 4 is 17.3 Å². The van der Waals surface area contributed by atoms with Crippen molar-refractivity contribution in [2.75, 3.05) is 18.1 Å². The van der Waals surface area contributed by atoms with Crippen molar-refractivity contribution in [2.45, 2.75) is 207 Å². The van der Waals surface area contributed by atoms with E-state index in [1.807, 2.05) is 48.5 Å². The zero-order valence-electron chi connectivity index (χ0n) is 38.6. The predicted molar refractivity (Wildman–Crippen MR) is 250 cm³/mol. The van der Waals surface area contributed by atoms with Gasteiger partial charge < -0.3 is 25.7 Å². The Hall–Kier alpha value is -2.89. The number of esters is 1. The molecule has 2 aromatic rings. The number of hydrogen-bond acceptors (Lipinski definition) is 6. The van der Waals surface area contributed by atoms with Crippen LogP contribution in [0, 0.1) is 46.3 Å². The number of rotatable bonds is 25. The predicted octanol–water partition coefficient (Wildman–Crippen LogP) is 14.5. The fourth-order valence-corrected chi connectivity index (χ4v) is 13.4. The lowest BCUT2D eigenvalue weighted by Crippen LogP contribution is -2.59. The molecule has 4 aliphatic carbocycles. The van der Waals surface area contributed by atoms with Crippen LogP contribution < -0.4 is 20.9 Å². The summed E-state index contributed by atoms with van der Waals surface area (Å²) in [4.78, 5) is 12.9. The van der Waals surface area contributed by atoms with Gasteiger partial charge in [0.15, 0.2) is 0 Å². The van der Waals surface area contributed by atoms with Crippen LogP contribution in [0.3, 0.4) is 0 Å². The largest absolute Gasteiger partial charge is 0.490 e. The molecule has 10 atom stereocenters. The zero-order chi connectivity index (χ0) is 42.4. The Kier molecular flexibility index (Phi) is 17.9. The maximum absolute atomic E-state index is 12.9. The van der Waals surface area contributed by atoms with Gasteiger partial charge in [-0.05, 0) is 153 Å². The van der Waals surface area contributed by atoms with Crippen LogP contribution in [-0.2, 0) is 9.53 Å². The SMILES string of the molecule is CCCCCCCCCCCCCCCCCCOC(=O)CC[C@@H](C)[C@H]1CC[C@H]2[C@@H]3CC(Oc4ccc(N)cc4)C4CC(Oc5ccc(N)cc5)CC[C@]4(C)[C@H]3CC[C@]12C. The lowest BCUT2D eigenvalue weighted by molar-refractivity contribution is -0.164. The topological polar surface area (TPSA) is 96.8 Å². The summed E-state index contributed by atoms with van der Waals surface area (Å²) < 4.78 is 19.5. The second-order valence-corrected chi connectivity index (χ2v) is 20.8. The van der Waals surface area contributed by atoms with Gasteiger partial charge in [0, 0.05) is 23.7 Å². The first-order valence-electron chi connectivity index (χ1n) is 25.3. The quantitative estimate of drug-likeness (QED) is 0.0588. The molecule has 336 valence electrons. The number of hydrogen-bond donors (Lipinski definition) is 2. The van der Waals surface area contributed by atoms with Gasteiger partial charge in [0.1, 0.15) is 17.6 Å². The summed E-state index contributed by atoms with van der Waals surface area (Å²) in [5.74, 6) is 5.51. The molecule has 4 fully saturated rings. The summed E-state index contributed by atoms with van der Waals surface area (Å²) in [5.41, 5.74) is 14.1. The maximum atomic E-state index is 12.9. The molecule has 0 saturated heterocycles. The maximum Gasteiger partial charge on any atom is 0.305 e. The minimum Gasteiger partial charge on any atom is -0.490 e. The van der Waals surface area contributed by atoms with Crippen LogP contribution >= 0.6 is 0 Å². The molecular formula is C54H86N2O4. The molecule has 6 nitrogen and oxygen atoms in total. The summed E-state index contributed by atoms with van der Waals surface area (Å²) in [6.07, 6.45) is 33.0. The van der Waals surface area contributed by atoms with Crippen molar-refractivity contribution < 1.29 is 19.0 Å². The molecule has 0 spiro atoms. The number of nitrogen functional groups attached to an aromatic ring is 2. The van der Waals surface area contributed by atoms with Gasteiger partial charge in [-0.25, -0.2) is 0 Å². The highest BCUT2D eigenvalue weighted by Crippen LogP contribution is 2.68. The number of fused-ring (bicyclic) bond motifs is 5. The minimum atomic E-state index is 0.0103. The average molecular weight is 827 g/mol. The number of unbranched alkanes of at least 4 members (excludes halogenated alkanes) is 15. The smallest absolute Gasteiger partial charge is 0.305 e. The van der Waals surface area contributed by atoms with E-state index in [0.29, 0.717) is 54.0 Å². The number of anilines is 2. The molecular weight excluding hydrogens is 741 g/mol. The fraction of sp³-hybridized carbons (Fsp3) is 0.759. The molecule has 0 amide bonds. The van der Waals surface area contributed by atoms with Crippen LogP contribution in [0.15, 0.2) is 48.5 Å². The highest BCUT2D eigenvalue weighted by Gasteiger charge is 2.63. The van der Waals surface area contributed by atoms with E-state index < -0.39 is 0 Å². The second kappa shape index (κ2) is 23.0. The molecule has 0 aromatic heterocycles. The molecule has 0 bridgehead atoms. The summed E-state index contributed by atoms with van der Waals surface area (Å²) in [5, 5.41) is 0. The first kappa shape index (κ1) is 46.6. The molecule has 4 N–H and O–H groups in total. The van der Waals surface area contributed by atoms with Gasteiger partial charge in [0.25, 0.3) is 0 Å². The van der Waals surface area contributed by atoms with E-state index >= 15 is 0 Å². The van der Waals surface area contributed by atoms with Gasteiger partial charge in [0.2, 0.25) is 0 Å². The van der Waals surface area contributed by atoms with Crippen LogP contribution in [-0.4, -0.2) is 24.8 Å². The molecule has 4 aliphatic rings. The van der Waals surface area contributed by atoms with Crippen molar-refractivity contribution in [1.29, 1.82) is 0 Å². The Morgan fingerprint density at radius 3 is 1.73 bits per heavy atom. The third-order valence-corrected chi connectivity index (χ3v) is 16.8. The second-order valence-electron chi connectivity index (χ2n) is 20.8. The highest BCUT2D eigenvalue weighted by atomic mass is 16.5. The van der Waals surface area contributed by atoms with E-state index in [1.54, 1.807) is 0 Å². The third-order valence-electron chi connectivity index (χ3n) is 16.8. The fourth-order valence-electron chi connectivity index (χ4n) is 13.4. The van der Waals surface area contributed by atoms with E-state index in [1.165, 1.54) is 128 Å². The molecule has 0 aliphatic heterocycles. The molecule has 3 unspecified atom stereocenters. The van der Waals surface area contributed by atoms with Crippen molar-refractivity contribution in [3.63, 3.8) is 0 Å². The standard InChI is InChI=1S/C54H86N2O4/c1-5-6-7-8-9-10-11-12-13-14-15-16-17-18-19-20-37-58-52(57)32-21-40(2)47-30-31-48-46-39-51(60-44-28-24-42(56)25-29-44)50-38-45(59-43-26-22-41(55)23-27-43)33-35-54(50,4)49(46)34-36-53(47,48)3/h22-29,40,45-51H,5-21,30-39,55-56H2,1-4H3/t40-,45?,46+,47-,48+,49+,50?,51?,53-,54-/m1/s1. The van der Waals surface area contributed by atoms with E-state index in [-0.39, 0.29) is 23.6 Å². The monoisotopic (exact) mass is 827 g/mol. The number of carbonyl (C=O) groups is 1. The van der Waals surface area contributed by atoms with Gasteiger partial charge in [0.05, 0.1) is 12.7 Å². The average Bonchev–Trinajstić information content (AvgIpc) is 3.60. The van der Waals surface area contributed by atoms with Crippen LogP contribution in [0.25, 0.3) is 0 Å². The van der Waals surface area contributed by atoms with Gasteiger partial charge in [-0.2, -0.15) is 0 Å². The lowest BCUT2D eigenvalue weighted by Gasteiger charge is -2.63. The molecule has 6 rings (SSSR count). The summed E-state index contributed by atoms with van der Waals surface area (Å²) in [6.45, 7) is 10.5. The first-order chi connectivity index (χ1) is 29.1. The molecule has 0 radical (unpaired) electrons. The van der Waals surface area contributed by atoms with Crippen LogP contribution in [0.2, 0.25) is 0 Å². The Morgan fingerprint density at radius 1 is 0.633 bits per heavy atom. The van der Waals surface area contributed by atoms with Crippen LogP contribution in [0.1, 0.15) is 195 Å². The Balaban J connectivity index is 0.927. The van der Waals surface area contributed by atoms with Crippen molar-refractivity contribution in [3.8, 4) is 11.5 Å². The van der Waals surface area contributed by atoms with Gasteiger partial charge >= 0.3 is 5.97 Å². The van der Waals surface area contributed by atoms with Crippen molar-refractivity contribution in [1.82, 2.24) is 0 Å². The van der Waals surface area contributed by atoms with Gasteiger partial charge in [-0.3, -0.25) is 4.79 Å². The summed E-state index contributed by atoms with van der Waals surface area (Å²) in [7, 11) is 0. The van der Waals surface area contributed by atoms with Crippen LogP contribution in [0.5, 0.6) is 11.5 Å². The van der Waals surface area contributed by atoms with E-state index in [9.17, 15) is 4.79 Å². The third kappa shape index (κ3) is 12.4. The molecule has 2 aromatic carbocycles. The van der Waals surface area contributed by atoms with E-state index in [0.717, 1.165) is 55.0 Å². The molecule has 6 heteroatoms. The number of ether oxygens (including phenoxy) is 3. The van der Waals surface area contributed by atoms with Crippen molar-refractivity contribution in [3.05, 3.63) is 48.5 Å². The zero-order valence-corrected chi connectivity index (χ0v) is 38.6. The normalized spacial score (nSPS) is 30.2. The summed E-state index contributed by atoms with van der Waals surface area (Å²) in [6, 6.07) is 15.9. The first-order valence-corrected chi connectivity index (χ1v) is 25.3. The lowest BCUT2D eigenvalue weighted by atomic mass is 9.43. The number of benzene rings is 2.